The molecular formula is C13H18ClNO. The summed E-state index contributed by atoms with van der Waals surface area (Å²) in [5, 5.41) is 2.96. The van der Waals surface area contributed by atoms with Crippen molar-refractivity contribution in [2.24, 2.45) is 5.41 Å². The Morgan fingerprint density at radius 1 is 1.38 bits per heavy atom. The van der Waals surface area contributed by atoms with Gasteiger partial charge in [0.25, 0.3) is 0 Å². The van der Waals surface area contributed by atoms with Gasteiger partial charge in [-0.25, -0.2) is 0 Å². The van der Waals surface area contributed by atoms with E-state index in [0.29, 0.717) is 5.88 Å². The van der Waals surface area contributed by atoms with Crippen LogP contribution in [-0.4, -0.2) is 11.8 Å². The lowest BCUT2D eigenvalue weighted by Gasteiger charge is -2.23. The maximum Gasteiger partial charge on any atom is 0.227 e. The van der Waals surface area contributed by atoms with Gasteiger partial charge in [-0.05, 0) is 26.3 Å². The van der Waals surface area contributed by atoms with Crippen molar-refractivity contribution in [3.05, 3.63) is 35.9 Å². The Bertz CT molecular complexity index is 348. The van der Waals surface area contributed by atoms with E-state index in [1.807, 2.05) is 51.1 Å². The van der Waals surface area contributed by atoms with Crippen molar-refractivity contribution in [2.75, 3.05) is 5.88 Å². The minimum Gasteiger partial charge on any atom is -0.349 e. The van der Waals surface area contributed by atoms with Gasteiger partial charge in [-0.3, -0.25) is 4.79 Å². The van der Waals surface area contributed by atoms with Gasteiger partial charge in [0.05, 0.1) is 11.5 Å². The zero-order valence-corrected chi connectivity index (χ0v) is 10.7. The van der Waals surface area contributed by atoms with Crippen LogP contribution >= 0.6 is 11.6 Å². The van der Waals surface area contributed by atoms with Crippen LogP contribution in [0.3, 0.4) is 0 Å². The number of hydrogen-bond donors (Lipinski definition) is 1. The molecule has 0 aliphatic heterocycles. The molecule has 0 aliphatic carbocycles. The van der Waals surface area contributed by atoms with E-state index >= 15 is 0 Å². The summed E-state index contributed by atoms with van der Waals surface area (Å²) in [6.07, 6.45) is 0. The third-order valence-electron chi connectivity index (χ3n) is 2.60. The number of amides is 1. The quantitative estimate of drug-likeness (QED) is 0.804. The molecule has 0 bridgehead atoms. The van der Waals surface area contributed by atoms with Crippen molar-refractivity contribution in [2.45, 2.75) is 26.8 Å². The number of carbonyl (C=O) groups excluding carboxylic acids is 1. The predicted molar refractivity (Wildman–Crippen MR) is 67.5 cm³/mol. The first kappa shape index (κ1) is 13.0. The largest absolute Gasteiger partial charge is 0.349 e. The van der Waals surface area contributed by atoms with E-state index in [9.17, 15) is 4.79 Å². The minimum absolute atomic E-state index is 0.0104. The van der Waals surface area contributed by atoms with E-state index < -0.39 is 5.41 Å². The highest BCUT2D eigenvalue weighted by Gasteiger charge is 2.27. The maximum atomic E-state index is 11.9. The zero-order chi connectivity index (χ0) is 12.2. The average Bonchev–Trinajstić information content (AvgIpc) is 2.30. The topological polar surface area (TPSA) is 29.1 Å². The third kappa shape index (κ3) is 3.24. The molecule has 0 aromatic heterocycles. The summed E-state index contributed by atoms with van der Waals surface area (Å²) < 4.78 is 0. The molecule has 3 heteroatoms. The van der Waals surface area contributed by atoms with E-state index in [1.165, 1.54) is 0 Å². The van der Waals surface area contributed by atoms with Crippen molar-refractivity contribution >= 4 is 17.5 Å². The maximum absolute atomic E-state index is 11.9. The van der Waals surface area contributed by atoms with Gasteiger partial charge < -0.3 is 5.32 Å². The SMILES string of the molecule is CC(NC(=O)C(C)(C)CCl)c1ccccc1. The first-order chi connectivity index (χ1) is 7.47. The van der Waals surface area contributed by atoms with E-state index in [0.717, 1.165) is 5.56 Å². The number of halogens is 1. The van der Waals surface area contributed by atoms with E-state index in [-0.39, 0.29) is 11.9 Å². The van der Waals surface area contributed by atoms with Crippen LogP contribution in [0.15, 0.2) is 30.3 Å². The van der Waals surface area contributed by atoms with Crippen molar-refractivity contribution in [3.8, 4) is 0 Å². The van der Waals surface area contributed by atoms with Gasteiger partial charge in [0.1, 0.15) is 0 Å². The summed E-state index contributed by atoms with van der Waals surface area (Å²) in [7, 11) is 0. The van der Waals surface area contributed by atoms with Crippen LogP contribution in [0.2, 0.25) is 0 Å². The first-order valence-corrected chi connectivity index (χ1v) is 5.92. The van der Waals surface area contributed by atoms with E-state index in [4.69, 9.17) is 11.6 Å². The smallest absolute Gasteiger partial charge is 0.227 e. The van der Waals surface area contributed by atoms with Crippen LogP contribution < -0.4 is 5.32 Å². The number of nitrogens with one attached hydrogen (secondary N) is 1. The first-order valence-electron chi connectivity index (χ1n) is 5.39. The standard InChI is InChI=1S/C13H18ClNO/c1-10(11-7-5-4-6-8-11)15-12(16)13(2,3)9-14/h4-8,10H,9H2,1-3H3,(H,15,16). The van der Waals surface area contributed by atoms with E-state index in [1.54, 1.807) is 0 Å². The molecule has 1 atom stereocenters. The fraction of sp³-hybridized carbons (Fsp3) is 0.462. The van der Waals surface area contributed by atoms with Crippen LogP contribution in [0.25, 0.3) is 0 Å². The lowest BCUT2D eigenvalue weighted by Crippen LogP contribution is -2.39. The van der Waals surface area contributed by atoms with Gasteiger partial charge in [-0.2, -0.15) is 0 Å². The Balaban J connectivity index is 2.66. The van der Waals surface area contributed by atoms with Crippen LogP contribution in [0.5, 0.6) is 0 Å². The zero-order valence-electron chi connectivity index (χ0n) is 9.96. The fourth-order valence-electron chi connectivity index (χ4n) is 1.28. The molecule has 1 N–H and O–H groups in total. The molecule has 1 unspecified atom stereocenters. The van der Waals surface area contributed by atoms with Gasteiger partial charge in [-0.1, -0.05) is 30.3 Å². The second-order valence-corrected chi connectivity index (χ2v) is 4.89. The molecule has 2 nitrogen and oxygen atoms in total. The molecule has 88 valence electrons. The molecule has 1 rings (SSSR count). The summed E-state index contributed by atoms with van der Waals surface area (Å²) in [4.78, 5) is 11.9. The highest BCUT2D eigenvalue weighted by molar-refractivity contribution is 6.19. The summed E-state index contributed by atoms with van der Waals surface area (Å²) >= 11 is 5.76. The molecule has 1 aromatic rings. The molecule has 0 spiro atoms. The molecule has 0 saturated heterocycles. The number of hydrogen-bond acceptors (Lipinski definition) is 1. The summed E-state index contributed by atoms with van der Waals surface area (Å²) in [6, 6.07) is 9.89. The normalized spacial score (nSPS) is 13.2. The van der Waals surface area contributed by atoms with Gasteiger partial charge in [-0.15, -0.1) is 11.6 Å². The number of rotatable bonds is 4. The highest BCUT2D eigenvalue weighted by atomic mass is 35.5. The van der Waals surface area contributed by atoms with Crippen molar-refractivity contribution in [1.82, 2.24) is 5.32 Å². The third-order valence-corrected chi connectivity index (χ3v) is 3.26. The second kappa shape index (κ2) is 5.35. The lowest BCUT2D eigenvalue weighted by molar-refractivity contribution is -0.129. The summed E-state index contributed by atoms with van der Waals surface area (Å²) in [5.41, 5.74) is 0.575. The Kier molecular flexibility index (Phi) is 4.36. The molecular weight excluding hydrogens is 222 g/mol. The Morgan fingerprint density at radius 2 is 1.94 bits per heavy atom. The monoisotopic (exact) mass is 239 g/mol. The fourth-order valence-corrected chi connectivity index (χ4v) is 1.40. The number of carbonyl (C=O) groups is 1. The number of benzene rings is 1. The molecule has 0 heterocycles. The van der Waals surface area contributed by atoms with Gasteiger partial charge in [0.15, 0.2) is 0 Å². The Morgan fingerprint density at radius 3 is 2.44 bits per heavy atom. The van der Waals surface area contributed by atoms with Crippen LogP contribution in [0.4, 0.5) is 0 Å². The molecule has 1 aromatic carbocycles. The Hall–Kier alpha value is -1.02. The second-order valence-electron chi connectivity index (χ2n) is 4.62. The molecule has 1 amide bonds. The molecule has 0 aliphatic rings. The molecule has 0 fully saturated rings. The highest BCUT2D eigenvalue weighted by Crippen LogP contribution is 2.20. The minimum atomic E-state index is -0.523. The van der Waals surface area contributed by atoms with Crippen LogP contribution in [0, 0.1) is 5.41 Å². The number of alkyl halides is 1. The lowest BCUT2D eigenvalue weighted by atomic mass is 9.94. The van der Waals surface area contributed by atoms with Crippen molar-refractivity contribution < 1.29 is 4.79 Å². The van der Waals surface area contributed by atoms with Gasteiger partial charge in [0.2, 0.25) is 5.91 Å². The Labute approximate surface area is 102 Å². The molecule has 0 saturated carbocycles. The van der Waals surface area contributed by atoms with Crippen LogP contribution in [0.1, 0.15) is 32.4 Å². The molecule has 0 radical (unpaired) electrons. The predicted octanol–water partition coefficient (Wildman–Crippen LogP) is 3.13. The molecule has 16 heavy (non-hydrogen) atoms. The van der Waals surface area contributed by atoms with Crippen LogP contribution in [-0.2, 0) is 4.79 Å². The van der Waals surface area contributed by atoms with Crippen molar-refractivity contribution in [3.63, 3.8) is 0 Å². The van der Waals surface area contributed by atoms with Gasteiger partial charge in [0, 0.05) is 5.88 Å². The average molecular weight is 240 g/mol. The van der Waals surface area contributed by atoms with E-state index in [2.05, 4.69) is 5.32 Å². The van der Waals surface area contributed by atoms with Gasteiger partial charge >= 0.3 is 0 Å². The summed E-state index contributed by atoms with van der Waals surface area (Å²) in [5.74, 6) is 0.305. The summed E-state index contributed by atoms with van der Waals surface area (Å²) in [6.45, 7) is 5.65. The van der Waals surface area contributed by atoms with Crippen molar-refractivity contribution in [1.29, 1.82) is 0 Å².